The molecule has 13 fully saturated rings. The van der Waals surface area contributed by atoms with Gasteiger partial charge < -0.3 is 40.5 Å². The molecule has 9 heteroatoms. The molecule has 74 heavy (non-hydrogen) atoms. The van der Waals surface area contributed by atoms with Gasteiger partial charge >= 0.3 is 0 Å². The van der Waals surface area contributed by atoms with E-state index in [9.17, 15) is 30.3 Å². The second-order valence-electron chi connectivity index (χ2n) is 29.5. The molecule has 12 aliphatic carbocycles. The number of fused-ring (bicyclic) bond motifs is 16. The van der Waals surface area contributed by atoms with Crippen LogP contribution in [0.5, 0.6) is 0 Å². The van der Waals surface area contributed by atoms with Gasteiger partial charge in [0.15, 0.2) is 5.79 Å². The summed E-state index contributed by atoms with van der Waals surface area (Å²) in [5, 5.41) is 53.5. The van der Waals surface area contributed by atoms with Gasteiger partial charge in [0.25, 0.3) is 0 Å². The molecule has 1 aliphatic heterocycles. The smallest absolute Gasteiger partial charge is 0.176 e. The summed E-state index contributed by atoms with van der Waals surface area (Å²) in [6.45, 7) is 25.4. The molecule has 13 rings (SSSR count). The Morgan fingerprint density at radius 3 is 1.45 bits per heavy atom. The zero-order chi connectivity index (χ0) is 52.3. The van der Waals surface area contributed by atoms with Crippen molar-refractivity contribution >= 4 is 5.78 Å². The van der Waals surface area contributed by atoms with Crippen LogP contribution in [0.25, 0.3) is 0 Å². The van der Waals surface area contributed by atoms with Crippen LogP contribution in [0.1, 0.15) is 216 Å². The van der Waals surface area contributed by atoms with Crippen LogP contribution < -0.4 is 0 Å². The van der Waals surface area contributed by atoms with Crippen molar-refractivity contribution in [3.05, 3.63) is 24.3 Å². The lowest BCUT2D eigenvalue weighted by atomic mass is 9.44. The number of ether oxygens (including phenoxy) is 2. The lowest BCUT2D eigenvalue weighted by Gasteiger charge is -2.62. The number of allylic oxidation sites excluding steroid dienone is 2. The summed E-state index contributed by atoms with van der Waals surface area (Å²) < 4.78 is 12.4. The fourth-order valence-electron chi connectivity index (χ4n) is 22.8. The van der Waals surface area contributed by atoms with Crippen LogP contribution in [-0.2, 0) is 19.7 Å². The molecule has 0 radical (unpaired) electrons. The van der Waals surface area contributed by atoms with E-state index in [1.807, 2.05) is 13.8 Å². The quantitative estimate of drug-likeness (QED) is 0.118. The van der Waals surface area contributed by atoms with E-state index < -0.39 is 17.3 Å². The highest BCUT2D eigenvalue weighted by atomic mass is 16.7. The van der Waals surface area contributed by atoms with E-state index >= 15 is 0 Å². The number of carbonyl (C=O) groups is 1. The molecule has 0 aromatic rings. The Bertz CT molecular complexity index is 2030. The average Bonchev–Trinajstić information content (AvgIpc) is 4.14. The number of carbonyl (C=O) groups excluding carboxylic acids is 1. The molecule has 422 valence electrons. The molecular formula is C65H109O9+. The third-order valence-electron chi connectivity index (χ3n) is 27.2. The van der Waals surface area contributed by atoms with Crippen LogP contribution >= 0.6 is 0 Å². The summed E-state index contributed by atoms with van der Waals surface area (Å²) in [5.74, 6) is 8.53. The van der Waals surface area contributed by atoms with Crippen molar-refractivity contribution in [1.29, 1.82) is 0 Å². The van der Waals surface area contributed by atoms with Crippen molar-refractivity contribution in [3.8, 4) is 0 Å². The highest BCUT2D eigenvalue weighted by Gasteiger charge is 2.71. The third kappa shape index (κ3) is 8.65. The topological polar surface area (TPSA) is 170 Å². The minimum atomic E-state index is -0.499. The van der Waals surface area contributed by atoms with Crippen LogP contribution in [-0.4, -0.2) is 80.8 Å². The van der Waals surface area contributed by atoms with Crippen molar-refractivity contribution in [1.82, 2.24) is 0 Å². The van der Waals surface area contributed by atoms with Gasteiger partial charge in [-0.05, 0) is 249 Å². The number of hydrogen-bond acceptors (Lipinski definition) is 8. The minimum absolute atomic E-state index is 0. The van der Waals surface area contributed by atoms with Crippen LogP contribution in [0.4, 0.5) is 0 Å². The first-order valence-corrected chi connectivity index (χ1v) is 31.0. The third-order valence-corrected chi connectivity index (χ3v) is 27.2. The Kier molecular flexibility index (Phi) is 16.4. The first-order chi connectivity index (χ1) is 34.6. The predicted octanol–water partition coefficient (Wildman–Crippen LogP) is 11.9. The van der Waals surface area contributed by atoms with Gasteiger partial charge in [0.2, 0.25) is 0 Å². The maximum Gasteiger partial charge on any atom is 0.176 e. The molecule has 1 heterocycles. The van der Waals surface area contributed by atoms with Crippen LogP contribution in [0.3, 0.4) is 0 Å². The van der Waals surface area contributed by atoms with Crippen molar-refractivity contribution in [2.75, 3.05) is 13.2 Å². The summed E-state index contributed by atoms with van der Waals surface area (Å²) in [6.07, 6.45) is 29.9. The Hall–Kier alpha value is -1.17. The van der Waals surface area contributed by atoms with Crippen molar-refractivity contribution in [2.24, 2.45) is 109 Å². The van der Waals surface area contributed by atoms with E-state index in [0.717, 1.165) is 94.3 Å². The number of rotatable bonds is 0. The monoisotopic (exact) mass is 1030 g/mol. The molecule has 8 N–H and O–H groups in total. The fraction of sp³-hybridized carbons (Fsp3) is 0.923. The maximum absolute atomic E-state index is 12.4. The fourth-order valence-corrected chi connectivity index (χ4v) is 22.8. The van der Waals surface area contributed by atoms with Crippen LogP contribution in [0, 0.1) is 109 Å². The lowest BCUT2D eigenvalue weighted by Crippen LogP contribution is -2.62. The second-order valence-corrected chi connectivity index (χ2v) is 29.5. The number of aliphatic hydroxyl groups excluding tert-OH is 5. The van der Waals surface area contributed by atoms with Gasteiger partial charge in [0, 0.05) is 18.3 Å². The van der Waals surface area contributed by atoms with Gasteiger partial charge in [0.05, 0.1) is 54.6 Å². The Morgan fingerprint density at radius 1 is 0.500 bits per heavy atom. The van der Waals surface area contributed by atoms with Gasteiger partial charge in [-0.1, -0.05) is 65.7 Å². The van der Waals surface area contributed by atoms with Crippen LogP contribution in [0.15, 0.2) is 24.3 Å². The predicted molar refractivity (Wildman–Crippen MR) is 295 cm³/mol. The summed E-state index contributed by atoms with van der Waals surface area (Å²) in [6, 6.07) is 0. The summed E-state index contributed by atoms with van der Waals surface area (Å²) >= 11 is 0. The van der Waals surface area contributed by atoms with Gasteiger partial charge in [-0.15, -0.1) is 6.58 Å². The number of ketones is 1. The molecule has 0 bridgehead atoms. The SMILES string of the molecule is C/C=C1\CCC2C3CC[C@@H]4C[C@H](O)CC[C@]4(C)C3C[C@H](O)[C@]12C.C=CC.C[C@@H]1CC[C@]2(C)C3C[C@H](O)[C@@]4(C)C(CCC45OCCO5)C3CC[C@@H]2C1.C[C@]12CC[C@@H](O)C[C@H]1CCC1C2C[C@H](O)[C@]2(C)C(=O)CCC12.[OH3+]. The Labute approximate surface area is 448 Å². The van der Waals surface area contributed by atoms with E-state index in [4.69, 9.17) is 9.47 Å². The molecule has 9 unspecified atom stereocenters. The zero-order valence-corrected chi connectivity index (χ0v) is 48.2. The Balaban J connectivity index is 0.000000132. The molecule has 1 spiro atoms. The van der Waals surface area contributed by atoms with E-state index in [0.29, 0.717) is 89.5 Å². The number of aliphatic hydroxyl groups is 5. The van der Waals surface area contributed by atoms with E-state index in [1.165, 1.54) is 82.6 Å². The molecular weight excluding hydrogens is 925 g/mol. The van der Waals surface area contributed by atoms with Crippen molar-refractivity contribution in [3.63, 3.8) is 0 Å². The average molecular weight is 1030 g/mol. The Morgan fingerprint density at radius 2 is 0.932 bits per heavy atom. The molecule has 0 amide bonds. The van der Waals surface area contributed by atoms with E-state index in [1.54, 1.807) is 6.08 Å². The molecule has 24 atom stereocenters. The summed E-state index contributed by atoms with van der Waals surface area (Å²) in [4.78, 5) is 12.4. The zero-order valence-electron chi connectivity index (χ0n) is 48.2. The molecule has 1 saturated heterocycles. The number of hydrogen-bond donors (Lipinski definition) is 5. The highest BCUT2D eigenvalue weighted by molar-refractivity contribution is 5.87. The normalized spacial score (nSPS) is 54.6. The molecule has 9 nitrogen and oxygen atoms in total. The molecule has 13 aliphatic rings. The number of Topliss-reactive ketones (excluding diaryl/α,β-unsaturated/α-hetero) is 1. The van der Waals surface area contributed by atoms with Gasteiger partial charge in [-0.3, -0.25) is 4.79 Å². The van der Waals surface area contributed by atoms with Crippen molar-refractivity contribution in [2.45, 2.75) is 253 Å². The molecule has 0 aromatic carbocycles. The van der Waals surface area contributed by atoms with Crippen molar-refractivity contribution < 1.29 is 45.3 Å². The van der Waals surface area contributed by atoms with E-state index in [2.05, 4.69) is 61.1 Å². The maximum atomic E-state index is 12.4. The first-order valence-electron chi connectivity index (χ1n) is 31.0. The minimum Gasteiger partial charge on any atom is -0.457 e. The molecule has 12 saturated carbocycles. The second kappa shape index (κ2) is 21.1. The standard InChI is InChI=1S/C22H36O3.C21H34O2.C19H30O3.C3H6.H2O/c1-14-6-8-20(2)15(12-14)4-5-16-17-7-9-22(24-10-11-25-22)21(17,3)19(23)13-18(16)20;1-4-13-6-8-17-16-7-5-14-11-15(22)9-10-20(14,2)18(16)12-19(23)21(13,17)3;1-18-8-7-12(20)9-11(18)3-4-13-14-5-6-16(21)19(14,2)17(22)10-15(13)18;1-3-2;/h14-19,23H,4-13H2,1-3H3;4,14-19,22-23H,5-12H2,1-3H3;11-15,17,20,22H,3-10H2,1-2H3;3H,1H2,2H3;1H2/p+1/b;13-4+;;;/t2*14-,15-,16?,17?,18?,19+,20+,21-;11-,12-,13?,14?,15?,17+,18+,19+;;/m111../s1. The highest BCUT2D eigenvalue weighted by Crippen LogP contribution is 2.71. The lowest BCUT2D eigenvalue weighted by molar-refractivity contribution is -0.279. The van der Waals surface area contributed by atoms with Gasteiger partial charge in [0.1, 0.15) is 5.78 Å². The molecule has 0 aromatic heterocycles. The largest absolute Gasteiger partial charge is 0.457 e. The first kappa shape index (κ1) is 57.5. The summed E-state index contributed by atoms with van der Waals surface area (Å²) in [5.41, 5.74) is 1.92. The van der Waals surface area contributed by atoms with Crippen LogP contribution in [0.2, 0.25) is 0 Å². The van der Waals surface area contributed by atoms with E-state index in [-0.39, 0.29) is 46.1 Å². The van der Waals surface area contributed by atoms with Gasteiger partial charge in [-0.25, -0.2) is 0 Å². The van der Waals surface area contributed by atoms with Gasteiger partial charge in [-0.2, -0.15) is 0 Å². The summed E-state index contributed by atoms with van der Waals surface area (Å²) in [7, 11) is 0.